The van der Waals surface area contributed by atoms with Crippen molar-refractivity contribution < 1.29 is 38.7 Å². The van der Waals surface area contributed by atoms with E-state index in [1.807, 2.05) is 24.3 Å². The number of aliphatic hydroxyl groups excluding tert-OH is 4. The monoisotopic (exact) mass is 486 g/mol. The van der Waals surface area contributed by atoms with Gasteiger partial charge in [-0.25, -0.2) is 8.78 Å². The van der Waals surface area contributed by atoms with Crippen molar-refractivity contribution in [3.63, 3.8) is 0 Å². The quantitative estimate of drug-likeness (QED) is 0.435. The highest BCUT2D eigenvalue weighted by atomic mass is 35.5. The largest absolute Gasteiger partial charge is 0.394 e. The third kappa shape index (κ3) is 6.27. The van der Waals surface area contributed by atoms with Crippen LogP contribution in [0.1, 0.15) is 40.8 Å². The molecule has 9 heteroatoms. The van der Waals surface area contributed by atoms with Crippen molar-refractivity contribution in [3.8, 4) is 0 Å². The molecule has 3 rings (SSSR count). The molecule has 1 fully saturated rings. The number of rotatable bonds is 9. The van der Waals surface area contributed by atoms with Crippen LogP contribution in [0.25, 0.3) is 0 Å². The van der Waals surface area contributed by atoms with Gasteiger partial charge in [0.25, 0.3) is 6.43 Å². The van der Waals surface area contributed by atoms with Gasteiger partial charge < -0.3 is 29.9 Å². The van der Waals surface area contributed by atoms with E-state index in [4.69, 9.17) is 21.1 Å². The van der Waals surface area contributed by atoms with Crippen molar-refractivity contribution in [1.82, 2.24) is 0 Å². The normalized spacial score (nSPS) is 25.5. The van der Waals surface area contributed by atoms with E-state index in [2.05, 4.69) is 6.92 Å². The second-order valence-electron chi connectivity index (χ2n) is 8.14. The van der Waals surface area contributed by atoms with Crippen LogP contribution in [0.3, 0.4) is 0 Å². The van der Waals surface area contributed by atoms with Crippen LogP contribution in [0.15, 0.2) is 36.4 Å². The van der Waals surface area contributed by atoms with E-state index in [9.17, 15) is 29.2 Å². The lowest BCUT2D eigenvalue weighted by molar-refractivity contribution is -0.232. The molecule has 0 aliphatic carbocycles. The summed E-state index contributed by atoms with van der Waals surface area (Å²) in [6, 6.07) is 11.3. The Morgan fingerprint density at radius 2 is 1.67 bits per heavy atom. The maximum Gasteiger partial charge on any atom is 0.261 e. The number of hydrogen-bond donors (Lipinski definition) is 4. The fraction of sp³-hybridized carbons (Fsp3) is 0.500. The molecule has 0 aromatic heterocycles. The number of aliphatic hydroxyl groups is 4. The lowest BCUT2D eigenvalue weighted by Gasteiger charge is -2.41. The van der Waals surface area contributed by atoms with Crippen LogP contribution < -0.4 is 0 Å². The predicted octanol–water partition coefficient (Wildman–Crippen LogP) is 2.79. The minimum atomic E-state index is -2.65. The van der Waals surface area contributed by atoms with Crippen molar-refractivity contribution in [2.45, 2.75) is 63.3 Å². The second kappa shape index (κ2) is 11.7. The van der Waals surface area contributed by atoms with E-state index in [1.54, 1.807) is 12.1 Å². The van der Waals surface area contributed by atoms with E-state index in [0.29, 0.717) is 28.1 Å². The zero-order valence-corrected chi connectivity index (χ0v) is 19.0. The molecule has 0 bridgehead atoms. The molecule has 2 aromatic carbocycles. The van der Waals surface area contributed by atoms with Gasteiger partial charge in [0.15, 0.2) is 0 Å². The topological polar surface area (TPSA) is 99.4 Å². The second-order valence-corrected chi connectivity index (χ2v) is 8.55. The molecule has 33 heavy (non-hydrogen) atoms. The number of benzene rings is 2. The molecule has 1 aliphatic heterocycles. The Morgan fingerprint density at radius 3 is 2.27 bits per heavy atom. The summed E-state index contributed by atoms with van der Waals surface area (Å²) in [4.78, 5) is 0. The van der Waals surface area contributed by atoms with Gasteiger partial charge in [0.2, 0.25) is 0 Å². The summed E-state index contributed by atoms with van der Waals surface area (Å²) >= 11 is 6.50. The molecular weight excluding hydrogens is 458 g/mol. The maximum absolute atomic E-state index is 12.6. The molecule has 182 valence electrons. The Morgan fingerprint density at radius 1 is 1.00 bits per heavy atom. The van der Waals surface area contributed by atoms with Gasteiger partial charge in [-0.2, -0.15) is 0 Å². The van der Waals surface area contributed by atoms with E-state index in [1.165, 1.54) is 5.56 Å². The molecule has 1 heterocycles. The summed E-state index contributed by atoms with van der Waals surface area (Å²) in [5.74, 6) is 0. The van der Waals surface area contributed by atoms with Gasteiger partial charge in [-0.3, -0.25) is 0 Å². The lowest BCUT2D eigenvalue weighted by Crippen LogP contribution is -2.55. The highest BCUT2D eigenvalue weighted by Gasteiger charge is 2.44. The minimum absolute atomic E-state index is 0.222. The average Bonchev–Trinajstić information content (AvgIpc) is 2.80. The van der Waals surface area contributed by atoms with Gasteiger partial charge >= 0.3 is 0 Å². The number of ether oxygens (including phenoxy) is 2. The predicted molar refractivity (Wildman–Crippen MR) is 118 cm³/mol. The van der Waals surface area contributed by atoms with E-state index < -0.39 is 50.2 Å². The Labute approximate surface area is 196 Å². The van der Waals surface area contributed by atoms with Crippen LogP contribution in [-0.2, 0) is 28.9 Å². The highest BCUT2D eigenvalue weighted by Crippen LogP contribution is 2.37. The molecule has 2 aromatic rings. The summed E-state index contributed by atoms with van der Waals surface area (Å²) in [7, 11) is 0. The van der Waals surface area contributed by atoms with Crippen molar-refractivity contribution in [2.24, 2.45) is 0 Å². The zero-order chi connectivity index (χ0) is 24.1. The van der Waals surface area contributed by atoms with Gasteiger partial charge in [0, 0.05) is 5.02 Å². The Balaban J connectivity index is 1.97. The van der Waals surface area contributed by atoms with Crippen molar-refractivity contribution in [2.75, 3.05) is 13.2 Å². The molecule has 1 saturated heterocycles. The van der Waals surface area contributed by atoms with E-state index in [-0.39, 0.29) is 6.61 Å². The Bertz CT molecular complexity index is 909. The van der Waals surface area contributed by atoms with Crippen LogP contribution in [-0.4, -0.2) is 64.5 Å². The van der Waals surface area contributed by atoms with Crippen molar-refractivity contribution >= 4 is 11.6 Å². The maximum atomic E-state index is 12.6. The van der Waals surface area contributed by atoms with Crippen LogP contribution in [0, 0.1) is 0 Å². The Kier molecular flexibility index (Phi) is 9.17. The third-order valence-electron chi connectivity index (χ3n) is 5.83. The first-order valence-corrected chi connectivity index (χ1v) is 11.2. The molecule has 1 aliphatic rings. The van der Waals surface area contributed by atoms with Crippen LogP contribution in [0.4, 0.5) is 8.78 Å². The van der Waals surface area contributed by atoms with Crippen molar-refractivity contribution in [1.29, 1.82) is 0 Å². The SMILES string of the molecule is CCc1ccc(Cc2cc([C@@H]3O[C@H](CO)[C@@H](O)[C@H](O)[C@H]3O)c(COCC(F)F)cc2Cl)cc1. The van der Waals surface area contributed by atoms with Crippen LogP contribution in [0.2, 0.25) is 5.02 Å². The molecule has 6 nitrogen and oxygen atoms in total. The molecule has 0 unspecified atom stereocenters. The number of hydrogen-bond acceptors (Lipinski definition) is 6. The Hall–Kier alpha value is -1.65. The van der Waals surface area contributed by atoms with Gasteiger partial charge in [-0.15, -0.1) is 0 Å². The van der Waals surface area contributed by atoms with Gasteiger partial charge in [0.1, 0.15) is 37.1 Å². The van der Waals surface area contributed by atoms with Gasteiger partial charge in [-0.05, 0) is 46.7 Å². The van der Waals surface area contributed by atoms with E-state index in [0.717, 1.165) is 12.0 Å². The number of alkyl halides is 2. The zero-order valence-electron chi connectivity index (χ0n) is 18.2. The molecule has 4 N–H and O–H groups in total. The molecule has 0 amide bonds. The first kappa shape index (κ1) is 26.0. The highest BCUT2D eigenvalue weighted by molar-refractivity contribution is 6.31. The van der Waals surface area contributed by atoms with Crippen molar-refractivity contribution in [3.05, 3.63) is 69.2 Å². The number of aryl methyl sites for hydroxylation is 1. The molecular formula is C24H29ClF2O6. The van der Waals surface area contributed by atoms with E-state index >= 15 is 0 Å². The summed E-state index contributed by atoms with van der Waals surface area (Å²) < 4.78 is 35.9. The summed E-state index contributed by atoms with van der Waals surface area (Å²) in [5, 5.41) is 40.9. The third-order valence-corrected chi connectivity index (χ3v) is 6.19. The molecule has 0 radical (unpaired) electrons. The number of halogens is 3. The first-order chi connectivity index (χ1) is 15.7. The molecule has 5 atom stereocenters. The summed E-state index contributed by atoms with van der Waals surface area (Å²) in [6.45, 7) is 0.480. The van der Waals surface area contributed by atoms with Crippen LogP contribution >= 0.6 is 11.6 Å². The average molecular weight is 487 g/mol. The first-order valence-electron chi connectivity index (χ1n) is 10.8. The summed E-state index contributed by atoms with van der Waals surface area (Å²) in [5.41, 5.74) is 3.67. The standard InChI is InChI=1S/C24H29ClF2O6/c1-2-13-3-5-14(6-4-13)7-15-8-17(16(9-18(15)25)11-32-12-20(26)27)24-23(31)22(30)21(29)19(10-28)33-24/h3-6,8-9,19-24,28-31H,2,7,10-12H2,1H3/t19-,21-,22+,23-,24+/m1/s1. The fourth-order valence-corrected chi connectivity index (χ4v) is 4.19. The summed E-state index contributed by atoms with van der Waals surface area (Å²) in [6.07, 6.45) is -8.12. The molecule has 0 saturated carbocycles. The lowest BCUT2D eigenvalue weighted by atomic mass is 9.87. The van der Waals surface area contributed by atoms with Gasteiger partial charge in [0.05, 0.1) is 13.2 Å². The minimum Gasteiger partial charge on any atom is -0.394 e. The molecule has 0 spiro atoms. The fourth-order valence-electron chi connectivity index (χ4n) is 3.93. The smallest absolute Gasteiger partial charge is 0.261 e. The van der Waals surface area contributed by atoms with Crippen LogP contribution in [0.5, 0.6) is 0 Å². The van der Waals surface area contributed by atoms with Gasteiger partial charge in [-0.1, -0.05) is 48.9 Å².